The lowest BCUT2D eigenvalue weighted by atomic mass is 10.1. The van der Waals surface area contributed by atoms with Gasteiger partial charge in [-0.3, -0.25) is 9.59 Å². The fourth-order valence-electron chi connectivity index (χ4n) is 2.29. The lowest BCUT2D eigenvalue weighted by molar-refractivity contribution is 0.101. The van der Waals surface area contributed by atoms with E-state index in [1.54, 1.807) is 0 Å². The van der Waals surface area contributed by atoms with Crippen molar-refractivity contribution in [1.29, 1.82) is 0 Å². The number of rotatable bonds is 4. The Kier molecular flexibility index (Phi) is 4.75. The van der Waals surface area contributed by atoms with Crippen LogP contribution in [0.5, 0.6) is 0 Å². The van der Waals surface area contributed by atoms with Crippen molar-refractivity contribution in [3.63, 3.8) is 0 Å². The Labute approximate surface area is 130 Å². The standard InChI is InChI=1S/C17H21N3O2/c1-11(2)10-20-16(21)6-5-15(19-20)17(22)18-14-8-12(3)7-13(4)9-14/h5-9,11H,10H2,1-4H3,(H,18,22). The fourth-order valence-corrected chi connectivity index (χ4v) is 2.29. The number of hydrogen-bond donors (Lipinski definition) is 1. The minimum Gasteiger partial charge on any atom is -0.321 e. The number of amides is 1. The highest BCUT2D eigenvalue weighted by atomic mass is 16.2. The van der Waals surface area contributed by atoms with E-state index in [2.05, 4.69) is 10.4 Å². The van der Waals surface area contributed by atoms with Crippen molar-refractivity contribution in [2.45, 2.75) is 34.2 Å². The van der Waals surface area contributed by atoms with E-state index in [0.29, 0.717) is 6.54 Å². The van der Waals surface area contributed by atoms with Crippen molar-refractivity contribution >= 4 is 11.6 Å². The number of aromatic nitrogens is 2. The maximum atomic E-state index is 12.3. The molecule has 0 aliphatic rings. The van der Waals surface area contributed by atoms with Crippen LogP contribution in [0.1, 0.15) is 35.5 Å². The van der Waals surface area contributed by atoms with Crippen molar-refractivity contribution in [1.82, 2.24) is 9.78 Å². The first-order valence-corrected chi connectivity index (χ1v) is 7.33. The van der Waals surface area contributed by atoms with Gasteiger partial charge in [-0.25, -0.2) is 4.68 Å². The Hall–Kier alpha value is -2.43. The summed E-state index contributed by atoms with van der Waals surface area (Å²) in [5, 5.41) is 6.97. The van der Waals surface area contributed by atoms with E-state index in [1.165, 1.54) is 16.8 Å². The first-order chi connectivity index (χ1) is 10.3. The van der Waals surface area contributed by atoms with Crippen LogP contribution in [0, 0.1) is 19.8 Å². The van der Waals surface area contributed by atoms with Gasteiger partial charge in [0.2, 0.25) is 0 Å². The molecule has 1 heterocycles. The van der Waals surface area contributed by atoms with Crippen molar-refractivity contribution in [3.8, 4) is 0 Å². The van der Waals surface area contributed by atoms with Crippen LogP contribution in [-0.2, 0) is 6.54 Å². The number of hydrogen-bond acceptors (Lipinski definition) is 3. The van der Waals surface area contributed by atoms with Crippen LogP contribution in [0.3, 0.4) is 0 Å². The second-order valence-corrected chi connectivity index (χ2v) is 5.96. The van der Waals surface area contributed by atoms with E-state index in [1.807, 2.05) is 45.9 Å². The summed E-state index contributed by atoms with van der Waals surface area (Å²) in [6, 6.07) is 8.67. The lowest BCUT2D eigenvalue weighted by Crippen LogP contribution is -2.27. The molecule has 0 radical (unpaired) electrons. The minimum atomic E-state index is -0.317. The summed E-state index contributed by atoms with van der Waals surface area (Å²) in [6.07, 6.45) is 0. The topological polar surface area (TPSA) is 64.0 Å². The molecule has 0 fully saturated rings. The Bertz CT molecular complexity index is 728. The Morgan fingerprint density at radius 1 is 1.18 bits per heavy atom. The first kappa shape index (κ1) is 15.9. The molecule has 0 aliphatic heterocycles. The monoisotopic (exact) mass is 299 g/mol. The Morgan fingerprint density at radius 2 is 1.82 bits per heavy atom. The van der Waals surface area contributed by atoms with E-state index in [0.717, 1.165) is 16.8 Å². The van der Waals surface area contributed by atoms with Gasteiger partial charge in [-0.15, -0.1) is 0 Å². The number of aryl methyl sites for hydroxylation is 2. The molecule has 0 aliphatic carbocycles. The summed E-state index contributed by atoms with van der Waals surface area (Å²) in [5.41, 5.74) is 2.92. The molecule has 5 nitrogen and oxygen atoms in total. The Morgan fingerprint density at radius 3 is 2.41 bits per heavy atom. The summed E-state index contributed by atoms with van der Waals surface area (Å²) < 4.78 is 1.33. The highest BCUT2D eigenvalue weighted by Crippen LogP contribution is 2.14. The van der Waals surface area contributed by atoms with Crippen molar-refractivity contribution < 1.29 is 4.79 Å². The van der Waals surface area contributed by atoms with Gasteiger partial charge in [0, 0.05) is 18.3 Å². The fraction of sp³-hybridized carbons (Fsp3) is 0.353. The van der Waals surface area contributed by atoms with Crippen LogP contribution in [0.2, 0.25) is 0 Å². The van der Waals surface area contributed by atoms with Gasteiger partial charge in [0.25, 0.3) is 11.5 Å². The molecule has 1 aromatic carbocycles. The summed E-state index contributed by atoms with van der Waals surface area (Å²) in [5.74, 6) is -0.0366. The van der Waals surface area contributed by atoms with E-state index in [4.69, 9.17) is 0 Å². The third-order valence-electron chi connectivity index (χ3n) is 3.12. The highest BCUT2D eigenvalue weighted by molar-refractivity contribution is 6.02. The molecule has 116 valence electrons. The molecule has 0 spiro atoms. The van der Waals surface area contributed by atoms with Crippen LogP contribution in [0.15, 0.2) is 35.1 Å². The molecule has 1 N–H and O–H groups in total. The summed E-state index contributed by atoms with van der Waals surface area (Å²) >= 11 is 0. The molecule has 22 heavy (non-hydrogen) atoms. The number of carbonyl (C=O) groups excluding carboxylic acids is 1. The predicted molar refractivity (Wildman–Crippen MR) is 87.2 cm³/mol. The molecular formula is C17H21N3O2. The third kappa shape index (κ3) is 4.04. The zero-order chi connectivity index (χ0) is 16.3. The molecule has 2 aromatic rings. The predicted octanol–water partition coefficient (Wildman–Crippen LogP) is 2.77. The van der Waals surface area contributed by atoms with E-state index >= 15 is 0 Å². The number of carbonyl (C=O) groups is 1. The molecule has 5 heteroatoms. The Balaban J connectivity index is 2.24. The van der Waals surface area contributed by atoms with Crippen molar-refractivity contribution in [2.75, 3.05) is 5.32 Å². The maximum Gasteiger partial charge on any atom is 0.276 e. The van der Waals surface area contributed by atoms with Crippen LogP contribution in [-0.4, -0.2) is 15.7 Å². The molecular weight excluding hydrogens is 278 g/mol. The lowest BCUT2D eigenvalue weighted by Gasteiger charge is -2.10. The SMILES string of the molecule is Cc1cc(C)cc(NC(=O)c2ccc(=O)n(CC(C)C)n2)c1. The van der Waals surface area contributed by atoms with E-state index < -0.39 is 0 Å². The number of nitrogens with zero attached hydrogens (tertiary/aromatic N) is 2. The smallest absolute Gasteiger partial charge is 0.276 e. The largest absolute Gasteiger partial charge is 0.321 e. The van der Waals surface area contributed by atoms with Gasteiger partial charge in [-0.1, -0.05) is 19.9 Å². The average Bonchev–Trinajstić information content (AvgIpc) is 2.39. The van der Waals surface area contributed by atoms with Gasteiger partial charge < -0.3 is 5.32 Å². The van der Waals surface area contributed by atoms with Crippen LogP contribution >= 0.6 is 0 Å². The van der Waals surface area contributed by atoms with Gasteiger partial charge in [0.1, 0.15) is 5.69 Å². The quantitative estimate of drug-likeness (QED) is 0.944. The van der Waals surface area contributed by atoms with Crippen LogP contribution in [0.4, 0.5) is 5.69 Å². The minimum absolute atomic E-state index is 0.198. The van der Waals surface area contributed by atoms with Crippen LogP contribution in [0.25, 0.3) is 0 Å². The molecule has 2 rings (SSSR count). The van der Waals surface area contributed by atoms with Crippen LogP contribution < -0.4 is 10.9 Å². The number of nitrogens with one attached hydrogen (secondary N) is 1. The first-order valence-electron chi connectivity index (χ1n) is 7.33. The van der Waals surface area contributed by atoms with Crippen molar-refractivity contribution in [2.24, 2.45) is 5.92 Å². The van der Waals surface area contributed by atoms with E-state index in [9.17, 15) is 9.59 Å². The maximum absolute atomic E-state index is 12.3. The summed E-state index contributed by atoms with van der Waals surface area (Å²) in [4.78, 5) is 24.0. The number of benzene rings is 1. The third-order valence-corrected chi connectivity index (χ3v) is 3.12. The summed E-state index contributed by atoms with van der Waals surface area (Å²) in [6.45, 7) is 8.43. The van der Waals surface area contributed by atoms with E-state index in [-0.39, 0.29) is 23.1 Å². The zero-order valence-electron chi connectivity index (χ0n) is 13.4. The van der Waals surface area contributed by atoms with Gasteiger partial charge in [0.15, 0.2) is 0 Å². The molecule has 1 amide bonds. The van der Waals surface area contributed by atoms with Crippen molar-refractivity contribution in [3.05, 3.63) is 57.5 Å². The molecule has 0 unspecified atom stereocenters. The van der Waals surface area contributed by atoms with Gasteiger partial charge in [-0.2, -0.15) is 5.10 Å². The highest BCUT2D eigenvalue weighted by Gasteiger charge is 2.11. The van der Waals surface area contributed by atoms with Gasteiger partial charge >= 0.3 is 0 Å². The second kappa shape index (κ2) is 6.56. The molecule has 0 saturated heterocycles. The van der Waals surface area contributed by atoms with Gasteiger partial charge in [0.05, 0.1) is 0 Å². The molecule has 0 atom stereocenters. The average molecular weight is 299 g/mol. The summed E-state index contributed by atoms with van der Waals surface area (Å²) in [7, 11) is 0. The zero-order valence-corrected chi connectivity index (χ0v) is 13.4. The molecule has 0 bridgehead atoms. The normalized spacial score (nSPS) is 10.8. The van der Waals surface area contributed by atoms with Gasteiger partial charge in [-0.05, 0) is 49.1 Å². The molecule has 0 saturated carbocycles. The number of anilines is 1. The molecule has 1 aromatic heterocycles. The second-order valence-electron chi connectivity index (χ2n) is 5.96.